The number of carbonyl (C=O) groups excluding carboxylic acids is 1. The second-order valence-corrected chi connectivity index (χ2v) is 10.7. The highest BCUT2D eigenvalue weighted by Crippen LogP contribution is 2.28. The van der Waals surface area contributed by atoms with Gasteiger partial charge in [0.2, 0.25) is 15.9 Å². The number of carbonyl (C=O) groups is 1. The van der Waals surface area contributed by atoms with E-state index < -0.39 is 10.0 Å². The van der Waals surface area contributed by atoms with Crippen LogP contribution in [0.1, 0.15) is 18.9 Å². The van der Waals surface area contributed by atoms with E-state index in [-0.39, 0.29) is 11.2 Å². The Labute approximate surface area is 182 Å². The zero-order chi connectivity index (χ0) is 21.0. The second-order valence-electron chi connectivity index (χ2n) is 7.01. The minimum atomic E-state index is -3.53. The van der Waals surface area contributed by atoms with Gasteiger partial charge in [-0.25, -0.2) is 8.42 Å². The van der Waals surface area contributed by atoms with Gasteiger partial charge in [-0.05, 0) is 49.7 Å². The SMILES string of the molecule is CC[C@@H](Sc1ccc(Cl)cc1)C(=O)N1CCN(S(=O)(=O)c2ccc(C)cc2)CC1. The average Bonchev–Trinajstić information content (AvgIpc) is 2.73. The summed E-state index contributed by atoms with van der Waals surface area (Å²) in [5, 5.41) is 0.469. The summed E-state index contributed by atoms with van der Waals surface area (Å²) in [5.41, 5.74) is 1.02. The van der Waals surface area contributed by atoms with Crippen molar-refractivity contribution in [2.24, 2.45) is 0 Å². The molecule has 1 saturated heterocycles. The number of hydrogen-bond acceptors (Lipinski definition) is 4. The molecule has 1 fully saturated rings. The number of thioether (sulfide) groups is 1. The van der Waals surface area contributed by atoms with Crippen molar-refractivity contribution in [1.82, 2.24) is 9.21 Å². The van der Waals surface area contributed by atoms with Crippen LogP contribution < -0.4 is 0 Å². The highest BCUT2D eigenvalue weighted by molar-refractivity contribution is 8.00. The largest absolute Gasteiger partial charge is 0.339 e. The fourth-order valence-corrected chi connectivity index (χ4v) is 5.78. The molecule has 2 aromatic rings. The zero-order valence-corrected chi connectivity index (χ0v) is 18.9. The van der Waals surface area contributed by atoms with Gasteiger partial charge in [-0.2, -0.15) is 4.31 Å². The molecule has 2 aromatic carbocycles. The van der Waals surface area contributed by atoms with Gasteiger partial charge in [0, 0.05) is 36.1 Å². The molecule has 0 spiro atoms. The van der Waals surface area contributed by atoms with Gasteiger partial charge >= 0.3 is 0 Å². The van der Waals surface area contributed by atoms with Crippen LogP contribution in [0.25, 0.3) is 0 Å². The quantitative estimate of drug-likeness (QED) is 0.620. The third-order valence-electron chi connectivity index (χ3n) is 4.95. The van der Waals surface area contributed by atoms with E-state index in [9.17, 15) is 13.2 Å². The Morgan fingerprint density at radius 1 is 1.03 bits per heavy atom. The molecule has 0 aliphatic carbocycles. The molecule has 1 atom stereocenters. The summed E-state index contributed by atoms with van der Waals surface area (Å²) in [6, 6.07) is 14.3. The summed E-state index contributed by atoms with van der Waals surface area (Å²) < 4.78 is 27.1. The number of halogens is 1. The molecule has 0 saturated carbocycles. The maximum atomic E-state index is 13.0. The molecule has 3 rings (SSSR count). The molecule has 0 radical (unpaired) electrons. The van der Waals surface area contributed by atoms with Crippen molar-refractivity contribution in [1.29, 1.82) is 0 Å². The molecule has 29 heavy (non-hydrogen) atoms. The van der Waals surface area contributed by atoms with Gasteiger partial charge in [-0.15, -0.1) is 11.8 Å². The number of benzene rings is 2. The summed E-state index contributed by atoms with van der Waals surface area (Å²) in [5.74, 6) is 0.0554. The standard InChI is InChI=1S/C21H25ClN2O3S2/c1-3-20(28-18-8-6-17(22)7-9-18)21(25)23-12-14-24(15-13-23)29(26,27)19-10-4-16(2)5-11-19/h4-11,20H,3,12-15H2,1-2H3/t20-/m1/s1. The van der Waals surface area contributed by atoms with Crippen molar-refractivity contribution in [3.05, 3.63) is 59.1 Å². The molecular weight excluding hydrogens is 428 g/mol. The summed E-state index contributed by atoms with van der Waals surface area (Å²) in [4.78, 5) is 16.0. The average molecular weight is 453 g/mol. The van der Waals surface area contributed by atoms with Crippen LogP contribution in [0, 0.1) is 6.92 Å². The van der Waals surface area contributed by atoms with Gasteiger partial charge < -0.3 is 4.90 Å². The first kappa shape index (κ1) is 22.2. The van der Waals surface area contributed by atoms with E-state index in [0.29, 0.717) is 42.5 Å². The highest BCUT2D eigenvalue weighted by atomic mass is 35.5. The lowest BCUT2D eigenvalue weighted by Gasteiger charge is -2.35. The third kappa shape index (κ3) is 5.34. The fourth-order valence-electron chi connectivity index (χ4n) is 3.20. The number of sulfonamides is 1. The molecule has 8 heteroatoms. The molecule has 1 heterocycles. The Balaban J connectivity index is 1.62. The van der Waals surface area contributed by atoms with Crippen LogP contribution in [0.2, 0.25) is 5.02 Å². The van der Waals surface area contributed by atoms with Crippen LogP contribution in [0.4, 0.5) is 0 Å². The molecule has 156 valence electrons. The van der Waals surface area contributed by atoms with Gasteiger partial charge in [0.25, 0.3) is 0 Å². The number of nitrogens with zero attached hydrogens (tertiary/aromatic N) is 2. The molecule has 0 aromatic heterocycles. The maximum absolute atomic E-state index is 13.0. The molecule has 1 aliphatic heterocycles. The van der Waals surface area contributed by atoms with Crippen LogP contribution >= 0.6 is 23.4 Å². The molecule has 0 unspecified atom stereocenters. The van der Waals surface area contributed by atoms with Crippen molar-refractivity contribution in [2.75, 3.05) is 26.2 Å². The minimum Gasteiger partial charge on any atom is -0.339 e. The van der Waals surface area contributed by atoms with Crippen molar-refractivity contribution >= 4 is 39.3 Å². The van der Waals surface area contributed by atoms with Gasteiger partial charge in [0.1, 0.15) is 0 Å². The normalized spacial score (nSPS) is 16.6. The van der Waals surface area contributed by atoms with Crippen molar-refractivity contribution in [2.45, 2.75) is 35.3 Å². The third-order valence-corrected chi connectivity index (χ3v) is 8.48. The van der Waals surface area contributed by atoms with Crippen LogP contribution in [0.5, 0.6) is 0 Å². The van der Waals surface area contributed by atoms with E-state index in [4.69, 9.17) is 11.6 Å². The van der Waals surface area contributed by atoms with Crippen LogP contribution in [-0.2, 0) is 14.8 Å². The second kappa shape index (κ2) is 9.51. The minimum absolute atomic E-state index is 0.0554. The fraction of sp³-hybridized carbons (Fsp3) is 0.381. The number of piperazine rings is 1. The van der Waals surface area contributed by atoms with E-state index in [2.05, 4.69) is 0 Å². The molecule has 0 bridgehead atoms. The molecule has 5 nitrogen and oxygen atoms in total. The summed E-state index contributed by atoms with van der Waals surface area (Å²) in [7, 11) is -3.53. The number of hydrogen-bond donors (Lipinski definition) is 0. The number of amides is 1. The molecule has 1 amide bonds. The Morgan fingerprint density at radius 2 is 1.62 bits per heavy atom. The zero-order valence-electron chi connectivity index (χ0n) is 16.5. The van der Waals surface area contributed by atoms with E-state index in [0.717, 1.165) is 10.5 Å². The van der Waals surface area contributed by atoms with E-state index in [1.165, 1.54) is 16.1 Å². The van der Waals surface area contributed by atoms with Gasteiger partial charge in [0.15, 0.2) is 0 Å². The first-order valence-corrected chi connectivity index (χ1v) is 12.3. The smallest absolute Gasteiger partial charge is 0.243 e. The Morgan fingerprint density at radius 3 is 2.17 bits per heavy atom. The Kier molecular flexibility index (Phi) is 7.27. The van der Waals surface area contributed by atoms with Crippen LogP contribution in [0.15, 0.2) is 58.3 Å². The van der Waals surface area contributed by atoms with Crippen LogP contribution in [0.3, 0.4) is 0 Å². The monoisotopic (exact) mass is 452 g/mol. The lowest BCUT2D eigenvalue weighted by atomic mass is 10.2. The van der Waals surface area contributed by atoms with Gasteiger partial charge in [-0.1, -0.05) is 36.2 Å². The van der Waals surface area contributed by atoms with Crippen molar-refractivity contribution in [3.63, 3.8) is 0 Å². The predicted molar refractivity (Wildman–Crippen MR) is 118 cm³/mol. The predicted octanol–water partition coefficient (Wildman–Crippen LogP) is 4.05. The van der Waals surface area contributed by atoms with E-state index in [1.807, 2.05) is 38.1 Å². The summed E-state index contributed by atoms with van der Waals surface area (Å²) in [6.07, 6.45) is 0.702. The lowest BCUT2D eigenvalue weighted by molar-refractivity contribution is -0.131. The van der Waals surface area contributed by atoms with E-state index in [1.54, 1.807) is 29.2 Å². The highest BCUT2D eigenvalue weighted by Gasteiger charge is 2.32. The van der Waals surface area contributed by atoms with Gasteiger partial charge in [-0.3, -0.25) is 4.79 Å². The van der Waals surface area contributed by atoms with Gasteiger partial charge in [0.05, 0.1) is 10.1 Å². The molecule has 1 aliphatic rings. The first-order chi connectivity index (χ1) is 13.8. The topological polar surface area (TPSA) is 57.7 Å². The number of aryl methyl sites for hydroxylation is 1. The van der Waals surface area contributed by atoms with E-state index >= 15 is 0 Å². The lowest BCUT2D eigenvalue weighted by Crippen LogP contribution is -2.52. The first-order valence-electron chi connectivity index (χ1n) is 9.59. The molecular formula is C21H25ClN2O3S2. The number of rotatable bonds is 6. The Bertz CT molecular complexity index is 939. The summed E-state index contributed by atoms with van der Waals surface area (Å²) >= 11 is 7.45. The maximum Gasteiger partial charge on any atom is 0.243 e. The van der Waals surface area contributed by atoms with Crippen molar-refractivity contribution in [3.8, 4) is 0 Å². The summed E-state index contributed by atoms with van der Waals surface area (Å²) in [6.45, 7) is 5.34. The Hall–Kier alpha value is -1.54. The molecule has 0 N–H and O–H groups in total. The van der Waals surface area contributed by atoms with Crippen molar-refractivity contribution < 1.29 is 13.2 Å². The van der Waals surface area contributed by atoms with Crippen LogP contribution in [-0.4, -0.2) is 55.0 Å².